The van der Waals surface area contributed by atoms with Crippen LogP contribution < -0.4 is 4.83 Å². The molecule has 0 radical (unpaired) electrons. The number of hydrogen-bond acceptors (Lipinski definition) is 9. The highest BCUT2D eigenvalue weighted by atomic mass is 32.2. The number of nitrogens with zero attached hydrogens (tertiary/aromatic N) is 3. The van der Waals surface area contributed by atoms with E-state index in [1.807, 2.05) is 0 Å². The van der Waals surface area contributed by atoms with E-state index in [4.69, 9.17) is 0 Å². The average molecular weight is 382 g/mol. The van der Waals surface area contributed by atoms with Crippen LogP contribution >= 0.6 is 0 Å². The molecular formula is C13H10N4O8S. The summed E-state index contributed by atoms with van der Waals surface area (Å²) in [5.41, 5.74) is -1.40. The maximum atomic E-state index is 12.1. The molecule has 0 spiro atoms. The van der Waals surface area contributed by atoms with Crippen LogP contribution in [0, 0.1) is 20.2 Å². The third-order valence-electron chi connectivity index (χ3n) is 3.04. The molecule has 0 heterocycles. The highest BCUT2D eigenvalue weighted by Gasteiger charge is 2.18. The molecule has 0 aliphatic rings. The van der Waals surface area contributed by atoms with Crippen molar-refractivity contribution in [2.75, 3.05) is 0 Å². The zero-order chi connectivity index (χ0) is 19.5. The van der Waals surface area contributed by atoms with Crippen LogP contribution in [0.3, 0.4) is 0 Å². The van der Waals surface area contributed by atoms with Crippen molar-refractivity contribution >= 4 is 27.6 Å². The summed E-state index contributed by atoms with van der Waals surface area (Å²) < 4.78 is 24.1. The largest absolute Gasteiger partial charge is 0.507 e. The predicted octanol–water partition coefficient (Wildman–Crippen LogP) is 1.23. The average Bonchev–Trinajstić information content (AvgIpc) is 2.56. The molecular weight excluding hydrogens is 372 g/mol. The number of sulfonamides is 1. The van der Waals surface area contributed by atoms with E-state index in [1.165, 1.54) is 6.07 Å². The summed E-state index contributed by atoms with van der Waals surface area (Å²) in [6.45, 7) is 0. The Kier molecular flexibility index (Phi) is 5.02. The standard InChI is InChI=1S/C13H10N4O8S/c18-12-6-13(19)11(17(22)23)4-8(12)7-14-15-26(24,25)10-3-1-2-9(5-10)16(20)21/h1-7,15,18-19H/b14-7+. The van der Waals surface area contributed by atoms with Crippen LogP contribution in [-0.4, -0.2) is 34.7 Å². The van der Waals surface area contributed by atoms with Crippen molar-refractivity contribution in [3.63, 3.8) is 0 Å². The fraction of sp³-hybridized carbons (Fsp3) is 0. The Balaban J connectivity index is 2.27. The first-order valence-electron chi connectivity index (χ1n) is 6.61. The van der Waals surface area contributed by atoms with E-state index in [9.17, 15) is 38.9 Å². The van der Waals surface area contributed by atoms with Gasteiger partial charge in [-0.15, -0.1) is 0 Å². The van der Waals surface area contributed by atoms with Gasteiger partial charge in [-0.1, -0.05) is 6.07 Å². The number of phenols is 2. The molecule has 2 aromatic carbocycles. The summed E-state index contributed by atoms with van der Waals surface area (Å²) in [6, 6.07) is 5.69. The lowest BCUT2D eigenvalue weighted by atomic mass is 10.2. The number of rotatable bonds is 6. The van der Waals surface area contributed by atoms with Gasteiger partial charge in [0.1, 0.15) is 5.75 Å². The fourth-order valence-corrected chi connectivity index (χ4v) is 2.64. The quantitative estimate of drug-likeness (QED) is 0.378. The molecule has 136 valence electrons. The summed E-state index contributed by atoms with van der Waals surface area (Å²) >= 11 is 0. The minimum Gasteiger partial charge on any atom is -0.507 e. The van der Waals surface area contributed by atoms with Gasteiger partial charge >= 0.3 is 5.69 Å². The van der Waals surface area contributed by atoms with Gasteiger partial charge in [0.15, 0.2) is 5.75 Å². The summed E-state index contributed by atoms with van der Waals surface area (Å²) in [5, 5.41) is 43.8. The summed E-state index contributed by atoms with van der Waals surface area (Å²) in [4.78, 5) is 21.1. The molecule has 0 aromatic heterocycles. The van der Waals surface area contributed by atoms with Crippen molar-refractivity contribution in [2.24, 2.45) is 5.10 Å². The second-order valence-electron chi connectivity index (χ2n) is 4.76. The Morgan fingerprint density at radius 3 is 2.35 bits per heavy atom. The van der Waals surface area contributed by atoms with Crippen LogP contribution in [0.15, 0.2) is 46.4 Å². The normalized spacial score (nSPS) is 11.4. The number of hydrogen-bond donors (Lipinski definition) is 3. The first-order chi connectivity index (χ1) is 12.1. The van der Waals surface area contributed by atoms with Gasteiger partial charge in [-0.25, -0.2) is 4.83 Å². The van der Waals surface area contributed by atoms with Crippen molar-refractivity contribution < 1.29 is 28.5 Å². The van der Waals surface area contributed by atoms with Crippen LogP contribution in [0.4, 0.5) is 11.4 Å². The molecule has 12 nitrogen and oxygen atoms in total. The van der Waals surface area contributed by atoms with E-state index >= 15 is 0 Å². The van der Waals surface area contributed by atoms with Crippen LogP contribution in [0.25, 0.3) is 0 Å². The van der Waals surface area contributed by atoms with Gasteiger partial charge in [-0.05, 0) is 6.07 Å². The molecule has 0 bridgehead atoms. The summed E-state index contributed by atoms with van der Waals surface area (Å²) in [6.07, 6.45) is 0.774. The maximum Gasteiger partial charge on any atom is 0.311 e. The number of aromatic hydroxyl groups is 2. The lowest BCUT2D eigenvalue weighted by molar-refractivity contribution is -0.385. The lowest BCUT2D eigenvalue weighted by Crippen LogP contribution is -2.18. The summed E-state index contributed by atoms with van der Waals surface area (Å²) in [5.74, 6) is -1.35. The molecule has 3 N–H and O–H groups in total. The third-order valence-corrected chi connectivity index (χ3v) is 4.26. The number of phenolic OH excluding ortho intramolecular Hbond substituents is 2. The Hall–Kier alpha value is -3.74. The maximum absolute atomic E-state index is 12.1. The molecule has 13 heteroatoms. The van der Waals surface area contributed by atoms with E-state index in [0.29, 0.717) is 6.07 Å². The van der Waals surface area contributed by atoms with Gasteiger partial charge in [0.25, 0.3) is 15.7 Å². The van der Waals surface area contributed by atoms with Crippen molar-refractivity contribution in [1.29, 1.82) is 0 Å². The van der Waals surface area contributed by atoms with Gasteiger partial charge in [-0.3, -0.25) is 20.2 Å². The minimum absolute atomic E-state index is 0.240. The first-order valence-corrected chi connectivity index (χ1v) is 8.10. The number of non-ortho nitro benzene ring substituents is 1. The monoisotopic (exact) mass is 382 g/mol. The van der Waals surface area contributed by atoms with Crippen molar-refractivity contribution in [2.45, 2.75) is 4.90 Å². The van der Waals surface area contributed by atoms with Crippen LogP contribution in [0.1, 0.15) is 5.56 Å². The van der Waals surface area contributed by atoms with Crippen LogP contribution in [0.5, 0.6) is 11.5 Å². The van der Waals surface area contributed by atoms with E-state index in [1.54, 1.807) is 4.83 Å². The molecule has 0 saturated heterocycles. The van der Waals surface area contributed by atoms with Gasteiger partial charge in [-0.2, -0.15) is 13.5 Å². The molecule has 0 saturated carbocycles. The first kappa shape index (κ1) is 18.6. The van der Waals surface area contributed by atoms with E-state index in [2.05, 4.69) is 5.10 Å². The second kappa shape index (κ2) is 7.02. The minimum atomic E-state index is -4.25. The van der Waals surface area contributed by atoms with Gasteiger partial charge < -0.3 is 10.2 Å². The Morgan fingerprint density at radius 1 is 1.04 bits per heavy atom. The SMILES string of the molecule is O=[N+]([O-])c1cccc(S(=O)(=O)N/N=C/c2cc([N+](=O)[O-])c(O)cc2O)c1. The van der Waals surface area contributed by atoms with Gasteiger partial charge in [0.2, 0.25) is 0 Å². The molecule has 0 unspecified atom stereocenters. The Morgan fingerprint density at radius 2 is 1.73 bits per heavy atom. The predicted molar refractivity (Wildman–Crippen MR) is 87.4 cm³/mol. The van der Waals surface area contributed by atoms with E-state index in [-0.39, 0.29) is 5.56 Å². The molecule has 0 aliphatic carbocycles. The number of nitro benzene ring substituents is 2. The van der Waals surface area contributed by atoms with Crippen LogP contribution in [-0.2, 0) is 10.0 Å². The van der Waals surface area contributed by atoms with Gasteiger partial charge in [0.05, 0.1) is 21.0 Å². The smallest absolute Gasteiger partial charge is 0.311 e. The lowest BCUT2D eigenvalue weighted by Gasteiger charge is -2.04. The van der Waals surface area contributed by atoms with E-state index in [0.717, 1.165) is 30.5 Å². The third kappa shape index (κ3) is 4.02. The Bertz CT molecular complexity index is 1020. The number of nitro groups is 2. The van der Waals surface area contributed by atoms with Crippen LogP contribution in [0.2, 0.25) is 0 Å². The molecule has 0 amide bonds. The Labute approximate surface area is 145 Å². The number of hydrazone groups is 1. The van der Waals surface area contributed by atoms with Crippen molar-refractivity contribution in [1.82, 2.24) is 4.83 Å². The van der Waals surface area contributed by atoms with Crippen molar-refractivity contribution in [3.8, 4) is 11.5 Å². The summed E-state index contributed by atoms with van der Waals surface area (Å²) in [7, 11) is -4.25. The highest BCUT2D eigenvalue weighted by molar-refractivity contribution is 7.89. The zero-order valence-corrected chi connectivity index (χ0v) is 13.5. The topological polar surface area (TPSA) is 185 Å². The number of nitrogens with one attached hydrogen (secondary N) is 1. The molecule has 2 aromatic rings. The fourth-order valence-electron chi connectivity index (χ4n) is 1.81. The van der Waals surface area contributed by atoms with Gasteiger partial charge in [0, 0.05) is 29.8 Å². The van der Waals surface area contributed by atoms with E-state index < -0.39 is 47.6 Å². The zero-order valence-electron chi connectivity index (χ0n) is 12.6. The second-order valence-corrected chi connectivity index (χ2v) is 6.43. The molecule has 0 aliphatic heterocycles. The molecule has 26 heavy (non-hydrogen) atoms. The van der Waals surface area contributed by atoms with Crippen molar-refractivity contribution in [3.05, 3.63) is 62.2 Å². The number of benzene rings is 2. The molecule has 0 fully saturated rings. The molecule has 0 atom stereocenters. The highest BCUT2D eigenvalue weighted by Crippen LogP contribution is 2.32. The molecule has 2 rings (SSSR count).